The van der Waals surface area contributed by atoms with E-state index in [-0.39, 0.29) is 5.92 Å². The highest BCUT2D eigenvalue weighted by atomic mass is 14.4. The van der Waals surface area contributed by atoms with Gasteiger partial charge in [0.2, 0.25) is 0 Å². The Morgan fingerprint density at radius 2 is 1.83 bits per heavy atom. The van der Waals surface area contributed by atoms with Crippen molar-refractivity contribution in [2.75, 3.05) is 0 Å². The Bertz CT molecular complexity index is 257. The Labute approximate surface area is 73.4 Å². The molecular formula is C11H13N. The first-order valence-corrected chi connectivity index (χ1v) is 4.63. The molecule has 0 aromatic heterocycles. The first-order chi connectivity index (χ1) is 5.92. The van der Waals surface area contributed by atoms with E-state index in [0.717, 1.165) is 12.3 Å². The maximum absolute atomic E-state index is 8.90. The van der Waals surface area contributed by atoms with E-state index in [1.807, 2.05) is 0 Å². The minimum Gasteiger partial charge on any atom is -0.198 e. The first kappa shape index (κ1) is 7.61. The maximum atomic E-state index is 8.90. The Hall–Kier alpha value is -1.03. The van der Waals surface area contributed by atoms with Crippen molar-refractivity contribution in [2.45, 2.75) is 19.3 Å². The van der Waals surface area contributed by atoms with Gasteiger partial charge in [0, 0.05) is 0 Å². The number of hydrogen-bond acceptors (Lipinski definition) is 1. The Morgan fingerprint density at radius 3 is 2.67 bits per heavy atom. The van der Waals surface area contributed by atoms with Gasteiger partial charge in [-0.15, -0.1) is 0 Å². The first-order valence-electron chi connectivity index (χ1n) is 4.63. The average Bonchev–Trinajstić information content (AvgIpc) is 2.17. The van der Waals surface area contributed by atoms with Gasteiger partial charge in [-0.3, -0.25) is 0 Å². The number of allylic oxidation sites excluding steroid dienone is 4. The van der Waals surface area contributed by atoms with Crippen molar-refractivity contribution in [1.82, 2.24) is 0 Å². The SMILES string of the molecule is N#C[C@@H]1C=CC[C@H]2CC=CC[C@H]21. The highest BCUT2D eigenvalue weighted by Crippen LogP contribution is 2.37. The Kier molecular flexibility index (Phi) is 1.99. The monoisotopic (exact) mass is 159 g/mol. The fourth-order valence-electron chi connectivity index (χ4n) is 2.28. The van der Waals surface area contributed by atoms with Crippen LogP contribution in [0.15, 0.2) is 24.3 Å². The van der Waals surface area contributed by atoms with Crippen LogP contribution in [0.2, 0.25) is 0 Å². The fourth-order valence-corrected chi connectivity index (χ4v) is 2.28. The summed E-state index contributed by atoms with van der Waals surface area (Å²) in [6.45, 7) is 0. The van der Waals surface area contributed by atoms with Crippen LogP contribution in [0.1, 0.15) is 19.3 Å². The molecule has 0 saturated heterocycles. The summed E-state index contributed by atoms with van der Waals surface area (Å²) in [5, 5.41) is 8.90. The van der Waals surface area contributed by atoms with Gasteiger partial charge in [0.05, 0.1) is 12.0 Å². The summed E-state index contributed by atoms with van der Waals surface area (Å²) >= 11 is 0. The summed E-state index contributed by atoms with van der Waals surface area (Å²) in [5.74, 6) is 1.52. The molecule has 0 saturated carbocycles. The molecule has 0 radical (unpaired) electrons. The van der Waals surface area contributed by atoms with Gasteiger partial charge in [-0.2, -0.15) is 5.26 Å². The van der Waals surface area contributed by atoms with E-state index < -0.39 is 0 Å². The van der Waals surface area contributed by atoms with E-state index in [2.05, 4.69) is 30.4 Å². The molecule has 2 aliphatic carbocycles. The quantitative estimate of drug-likeness (QED) is 0.498. The second kappa shape index (κ2) is 3.15. The van der Waals surface area contributed by atoms with Crippen molar-refractivity contribution in [3.05, 3.63) is 24.3 Å². The second-order valence-corrected chi connectivity index (χ2v) is 3.69. The fraction of sp³-hybridized carbons (Fsp3) is 0.545. The second-order valence-electron chi connectivity index (χ2n) is 3.69. The lowest BCUT2D eigenvalue weighted by Crippen LogP contribution is -2.25. The van der Waals surface area contributed by atoms with Crippen LogP contribution in [-0.4, -0.2) is 0 Å². The molecule has 0 fully saturated rings. The lowest BCUT2D eigenvalue weighted by Gasteiger charge is -2.32. The van der Waals surface area contributed by atoms with Gasteiger partial charge < -0.3 is 0 Å². The van der Waals surface area contributed by atoms with E-state index in [4.69, 9.17) is 5.26 Å². The maximum Gasteiger partial charge on any atom is 0.0700 e. The van der Waals surface area contributed by atoms with Gasteiger partial charge in [0.1, 0.15) is 0 Å². The minimum atomic E-state index is 0.175. The molecule has 1 heteroatoms. The summed E-state index contributed by atoms with van der Waals surface area (Å²) in [4.78, 5) is 0. The highest BCUT2D eigenvalue weighted by molar-refractivity contribution is 5.13. The predicted octanol–water partition coefficient (Wildman–Crippen LogP) is 2.67. The Balaban J connectivity index is 2.19. The minimum absolute atomic E-state index is 0.175. The average molecular weight is 159 g/mol. The van der Waals surface area contributed by atoms with E-state index in [9.17, 15) is 0 Å². The van der Waals surface area contributed by atoms with Crippen molar-refractivity contribution in [3.63, 3.8) is 0 Å². The van der Waals surface area contributed by atoms with E-state index >= 15 is 0 Å². The van der Waals surface area contributed by atoms with Crippen molar-refractivity contribution in [3.8, 4) is 6.07 Å². The van der Waals surface area contributed by atoms with Crippen LogP contribution in [0, 0.1) is 29.1 Å². The summed E-state index contributed by atoms with van der Waals surface area (Å²) in [6, 6.07) is 2.38. The van der Waals surface area contributed by atoms with Gasteiger partial charge in [0.25, 0.3) is 0 Å². The van der Waals surface area contributed by atoms with Crippen molar-refractivity contribution >= 4 is 0 Å². The smallest absolute Gasteiger partial charge is 0.0700 e. The normalized spacial score (nSPS) is 38.8. The molecule has 12 heavy (non-hydrogen) atoms. The summed E-state index contributed by atoms with van der Waals surface area (Å²) < 4.78 is 0. The van der Waals surface area contributed by atoms with Crippen molar-refractivity contribution < 1.29 is 0 Å². The van der Waals surface area contributed by atoms with Gasteiger partial charge in [-0.1, -0.05) is 24.3 Å². The van der Waals surface area contributed by atoms with Gasteiger partial charge in [-0.25, -0.2) is 0 Å². The lowest BCUT2D eigenvalue weighted by atomic mass is 9.71. The number of nitriles is 1. The van der Waals surface area contributed by atoms with E-state index in [1.54, 1.807) is 0 Å². The summed E-state index contributed by atoms with van der Waals surface area (Å²) in [6.07, 6.45) is 12.2. The molecule has 0 heterocycles. The third kappa shape index (κ3) is 1.18. The molecular weight excluding hydrogens is 146 g/mol. The summed E-state index contributed by atoms with van der Waals surface area (Å²) in [5.41, 5.74) is 0. The largest absolute Gasteiger partial charge is 0.198 e. The molecule has 0 bridgehead atoms. The van der Waals surface area contributed by atoms with Crippen molar-refractivity contribution in [2.24, 2.45) is 17.8 Å². The zero-order chi connectivity index (χ0) is 8.39. The zero-order valence-electron chi connectivity index (χ0n) is 7.11. The molecule has 0 amide bonds. The molecule has 0 aromatic carbocycles. The van der Waals surface area contributed by atoms with Crippen LogP contribution in [0.3, 0.4) is 0 Å². The molecule has 2 aliphatic rings. The van der Waals surface area contributed by atoms with Crippen LogP contribution >= 0.6 is 0 Å². The topological polar surface area (TPSA) is 23.8 Å². The molecule has 3 atom stereocenters. The number of rotatable bonds is 0. The molecule has 0 aromatic rings. The van der Waals surface area contributed by atoms with Crippen LogP contribution in [0.4, 0.5) is 0 Å². The predicted molar refractivity (Wildman–Crippen MR) is 48.2 cm³/mol. The summed E-state index contributed by atoms with van der Waals surface area (Å²) in [7, 11) is 0. The zero-order valence-corrected chi connectivity index (χ0v) is 7.11. The number of fused-ring (bicyclic) bond motifs is 1. The standard InChI is InChI=1S/C11H13N/c12-8-10-6-3-5-9-4-1-2-7-11(9)10/h1-3,6,9-11H,4-5,7H2/t9-,10+,11-/m1/s1. The Morgan fingerprint density at radius 1 is 1.08 bits per heavy atom. The third-order valence-electron chi connectivity index (χ3n) is 3.01. The van der Waals surface area contributed by atoms with Crippen LogP contribution in [-0.2, 0) is 0 Å². The number of hydrogen-bond donors (Lipinski definition) is 0. The third-order valence-corrected chi connectivity index (χ3v) is 3.01. The van der Waals surface area contributed by atoms with Crippen molar-refractivity contribution in [1.29, 1.82) is 5.26 Å². The van der Waals surface area contributed by atoms with Crippen LogP contribution in [0.5, 0.6) is 0 Å². The van der Waals surface area contributed by atoms with Gasteiger partial charge >= 0.3 is 0 Å². The van der Waals surface area contributed by atoms with Gasteiger partial charge in [0.15, 0.2) is 0 Å². The van der Waals surface area contributed by atoms with Crippen LogP contribution in [0.25, 0.3) is 0 Å². The molecule has 0 unspecified atom stereocenters. The molecule has 2 rings (SSSR count). The molecule has 0 N–H and O–H groups in total. The molecule has 0 aliphatic heterocycles. The molecule has 1 nitrogen and oxygen atoms in total. The molecule has 0 spiro atoms. The highest BCUT2D eigenvalue weighted by Gasteiger charge is 2.30. The van der Waals surface area contributed by atoms with E-state index in [1.165, 1.54) is 12.8 Å². The molecule has 62 valence electrons. The van der Waals surface area contributed by atoms with E-state index in [0.29, 0.717) is 5.92 Å². The van der Waals surface area contributed by atoms with Crippen LogP contribution < -0.4 is 0 Å². The van der Waals surface area contributed by atoms with Gasteiger partial charge in [-0.05, 0) is 31.1 Å². The number of nitrogens with zero attached hydrogens (tertiary/aromatic N) is 1. The lowest BCUT2D eigenvalue weighted by molar-refractivity contribution is 0.275.